The van der Waals surface area contributed by atoms with E-state index >= 15 is 4.39 Å². The highest BCUT2D eigenvalue weighted by molar-refractivity contribution is 6.28. The van der Waals surface area contributed by atoms with Crippen molar-refractivity contribution in [3.63, 3.8) is 0 Å². The van der Waals surface area contributed by atoms with E-state index in [1.807, 2.05) is 30.3 Å². The van der Waals surface area contributed by atoms with E-state index in [0.717, 1.165) is 56.9 Å². The minimum atomic E-state index is -1.20. The largest absolute Gasteiger partial charge is 0.465 e. The van der Waals surface area contributed by atoms with E-state index in [1.165, 1.54) is 0 Å². The summed E-state index contributed by atoms with van der Waals surface area (Å²) in [5, 5.41) is 19.5. The van der Waals surface area contributed by atoms with Crippen molar-refractivity contribution in [2.24, 2.45) is 23.7 Å². The first kappa shape index (κ1) is 52.8. The smallest absolute Gasteiger partial charge is 0.407 e. The van der Waals surface area contributed by atoms with Crippen LogP contribution in [0.1, 0.15) is 95.5 Å². The molecule has 4 fully saturated rings. The Bertz CT molecular complexity index is 2130. The molecule has 2 saturated carbocycles. The number of aromatic nitrogens is 4. The lowest BCUT2D eigenvalue weighted by molar-refractivity contribution is -0.125. The molecule has 2 aromatic heterocycles. The molecule has 1 aromatic carbocycles. The minimum absolute atomic E-state index is 0.00447. The topological polar surface area (TPSA) is 264 Å². The van der Waals surface area contributed by atoms with Gasteiger partial charge in [0.1, 0.15) is 6.61 Å². The Kier molecular flexibility index (Phi) is 21.1. The van der Waals surface area contributed by atoms with Crippen LogP contribution in [0.15, 0.2) is 30.3 Å². The Morgan fingerprint density at radius 2 is 1.06 bits per heavy atom. The molecule has 2 saturated heterocycles. The highest BCUT2D eigenvalue weighted by atomic mass is 35.5. The lowest BCUT2D eigenvalue weighted by Gasteiger charge is -2.24. The van der Waals surface area contributed by atoms with Crippen molar-refractivity contribution in [2.75, 3.05) is 61.0 Å². The molecule has 0 bridgehead atoms. The van der Waals surface area contributed by atoms with Crippen LogP contribution in [-0.2, 0) is 30.4 Å². The molecule has 24 heteroatoms. The number of ether oxygens (including phenoxy) is 3. The normalized spacial score (nSPS) is 17.6. The van der Waals surface area contributed by atoms with Gasteiger partial charge in [-0.2, -0.15) is 28.7 Å². The van der Waals surface area contributed by atoms with E-state index in [1.54, 1.807) is 0 Å². The van der Waals surface area contributed by atoms with Gasteiger partial charge in [-0.05, 0) is 79.1 Å². The van der Waals surface area contributed by atoms with Gasteiger partial charge in [0, 0.05) is 51.6 Å². The number of nitrogens with zero attached hydrogens (tertiary/aromatic N) is 4. The van der Waals surface area contributed by atoms with Crippen LogP contribution in [0, 0.1) is 35.3 Å². The third kappa shape index (κ3) is 17.7. The predicted octanol–water partition coefficient (Wildman–Crippen LogP) is 7.19. The van der Waals surface area contributed by atoms with Crippen molar-refractivity contribution >= 4 is 70.5 Å². The summed E-state index contributed by atoms with van der Waals surface area (Å²) >= 11 is 12.0. The first-order valence-electron chi connectivity index (χ1n) is 23.6. The van der Waals surface area contributed by atoms with Crippen LogP contribution < -0.4 is 43.0 Å². The standard InChI is InChI=1S/C26H34ClFN6O4.C19H28ClFN6O4/c27-25-31-22(30-20-10-12-37-13-11-20)21(28)23(32-25)33-34-24(35)19(14-17-6-4-5-7-17)15-29-26(36)38-16-18-8-2-1-3-9-18;20-18-24-15(23-13-5-7-31-8-6-13)14(21)16(25-18)26-27-17(28)12(10-22-19(29)30)9-11-3-1-2-4-11/h1-3,8-9,17,19-20H,4-7,10-16H2,(H,29,36)(H,34,35)(H2,30,31,32,33);11-13,22H,1-10H2,(H,27,28)(H,29,30)(H2,23,24,25,26)/t19-;12-/m11/s1. The van der Waals surface area contributed by atoms with Crippen molar-refractivity contribution in [2.45, 2.75) is 109 Å². The summed E-state index contributed by atoms with van der Waals surface area (Å²) in [5.74, 6) is -3.37. The molecule has 0 unspecified atom stereocenters. The second-order valence-electron chi connectivity index (χ2n) is 17.6. The number of amides is 4. The Morgan fingerprint density at radius 1 is 0.638 bits per heavy atom. The third-order valence-electron chi connectivity index (χ3n) is 12.5. The number of carbonyl (C=O) groups is 4. The maximum Gasteiger partial charge on any atom is 0.407 e. The summed E-state index contributed by atoms with van der Waals surface area (Å²) in [4.78, 5) is 64.5. The fourth-order valence-electron chi connectivity index (χ4n) is 8.77. The number of hydrogen-bond acceptors (Lipinski definition) is 15. The van der Waals surface area contributed by atoms with Crippen LogP contribution >= 0.6 is 23.2 Å². The second kappa shape index (κ2) is 27.6. The van der Waals surface area contributed by atoms with Gasteiger partial charge in [0.25, 0.3) is 0 Å². The Morgan fingerprint density at radius 3 is 1.49 bits per heavy atom. The van der Waals surface area contributed by atoms with Gasteiger partial charge in [0.05, 0.1) is 11.8 Å². The zero-order valence-corrected chi connectivity index (χ0v) is 39.8. The summed E-state index contributed by atoms with van der Waals surface area (Å²) in [5.41, 5.74) is 10.9. The quantitative estimate of drug-likeness (QED) is 0.0400. The molecule has 4 aliphatic rings. The van der Waals surface area contributed by atoms with E-state index in [9.17, 15) is 23.6 Å². The first-order valence-corrected chi connectivity index (χ1v) is 24.3. The van der Waals surface area contributed by atoms with Gasteiger partial charge in [0.2, 0.25) is 34.0 Å². The van der Waals surface area contributed by atoms with Gasteiger partial charge in [-0.25, -0.2) is 9.59 Å². The molecule has 0 radical (unpaired) electrons. The number of carboxylic acid groups (broad SMARTS) is 1. The van der Waals surface area contributed by atoms with E-state index in [4.69, 9.17) is 42.5 Å². The average Bonchev–Trinajstić information content (AvgIpc) is 4.08. The summed E-state index contributed by atoms with van der Waals surface area (Å²) in [6.45, 7) is 2.50. The summed E-state index contributed by atoms with van der Waals surface area (Å²) in [6.07, 6.45) is 10.7. The third-order valence-corrected chi connectivity index (χ3v) is 12.9. The summed E-state index contributed by atoms with van der Waals surface area (Å²) in [7, 11) is 0. The van der Waals surface area contributed by atoms with Gasteiger partial charge in [0.15, 0.2) is 23.3 Å². The second-order valence-corrected chi connectivity index (χ2v) is 18.3. The Hall–Kier alpha value is -5.58. The van der Waals surface area contributed by atoms with E-state index in [-0.39, 0.29) is 65.6 Å². The number of alkyl carbamates (subject to hydrolysis) is 1. The number of halogens is 4. The zero-order chi connectivity index (χ0) is 49.0. The van der Waals surface area contributed by atoms with Crippen molar-refractivity contribution in [3.8, 4) is 0 Å². The number of hydrogen-bond donors (Lipinski definition) is 9. The van der Waals surface area contributed by atoms with E-state index in [0.29, 0.717) is 76.8 Å². The average molecular weight is 1010 g/mol. The molecule has 4 amide bonds. The molecule has 0 spiro atoms. The number of nitrogens with one attached hydrogen (secondary N) is 8. The molecule has 2 atom stereocenters. The highest BCUT2D eigenvalue weighted by Gasteiger charge is 2.29. The van der Waals surface area contributed by atoms with Gasteiger partial charge < -0.3 is 40.6 Å². The molecular weight excluding hydrogens is 945 g/mol. The van der Waals surface area contributed by atoms with Crippen LogP contribution in [-0.4, -0.2) is 101 Å². The molecule has 378 valence electrons. The van der Waals surface area contributed by atoms with Crippen LogP contribution in [0.3, 0.4) is 0 Å². The Labute approximate surface area is 409 Å². The maximum absolute atomic E-state index is 15.1. The Balaban J connectivity index is 0.000000232. The van der Waals surface area contributed by atoms with Crippen LogP contribution in [0.5, 0.6) is 0 Å². The monoisotopic (exact) mass is 1010 g/mol. The maximum atomic E-state index is 15.1. The minimum Gasteiger partial charge on any atom is -0.465 e. The van der Waals surface area contributed by atoms with Gasteiger partial charge >= 0.3 is 12.2 Å². The number of rotatable bonds is 20. The number of hydrazine groups is 2. The van der Waals surface area contributed by atoms with Crippen molar-refractivity contribution in [1.29, 1.82) is 0 Å². The fourth-order valence-corrected chi connectivity index (χ4v) is 9.11. The highest BCUT2D eigenvalue weighted by Crippen LogP contribution is 2.32. The number of benzene rings is 1. The van der Waals surface area contributed by atoms with E-state index in [2.05, 4.69) is 62.9 Å². The zero-order valence-electron chi connectivity index (χ0n) is 38.3. The van der Waals surface area contributed by atoms with Gasteiger partial charge in [-0.15, -0.1) is 0 Å². The van der Waals surface area contributed by atoms with Crippen molar-refractivity contribution in [3.05, 3.63) is 58.1 Å². The number of carbonyl (C=O) groups excluding carboxylic acids is 3. The molecule has 2 aliphatic heterocycles. The van der Waals surface area contributed by atoms with Crippen molar-refractivity contribution in [1.82, 2.24) is 41.4 Å². The molecular formula is C45H62Cl2F2N12O8. The lowest BCUT2D eigenvalue weighted by Crippen LogP contribution is -2.42. The summed E-state index contributed by atoms with van der Waals surface area (Å²) < 4.78 is 45.9. The predicted molar refractivity (Wildman–Crippen MR) is 253 cm³/mol. The number of anilines is 4. The molecule has 4 heterocycles. The molecule has 3 aromatic rings. The molecule has 69 heavy (non-hydrogen) atoms. The molecule has 9 N–H and O–H groups in total. The summed E-state index contributed by atoms with van der Waals surface area (Å²) in [6, 6.07) is 9.32. The lowest BCUT2D eigenvalue weighted by atomic mass is 9.92. The van der Waals surface area contributed by atoms with E-state index < -0.39 is 47.5 Å². The van der Waals surface area contributed by atoms with Gasteiger partial charge in [-0.1, -0.05) is 81.7 Å². The first-order chi connectivity index (χ1) is 33.4. The van der Waals surface area contributed by atoms with Crippen LogP contribution in [0.4, 0.5) is 41.6 Å². The van der Waals surface area contributed by atoms with Gasteiger partial charge in [-0.3, -0.25) is 31.3 Å². The SMILES string of the molecule is O=C(NC[C@@H](CC1CCCC1)C(=O)NNc1nc(Cl)nc(NC2CCOCC2)c1F)OCc1ccccc1.O=C(O)NC[C@@H](CC1CCCC1)C(=O)NNc1nc(Cl)nc(NC2CCOCC2)c1F. The fraction of sp³-hybridized carbons (Fsp3) is 0.600. The molecule has 20 nitrogen and oxygen atoms in total. The molecule has 2 aliphatic carbocycles. The van der Waals surface area contributed by atoms with Crippen molar-refractivity contribution < 1.29 is 47.3 Å². The van der Waals surface area contributed by atoms with Crippen LogP contribution in [0.2, 0.25) is 10.6 Å². The van der Waals surface area contributed by atoms with Crippen LogP contribution in [0.25, 0.3) is 0 Å². The molecule has 7 rings (SSSR count).